The Hall–Kier alpha value is -2.13. The van der Waals surface area contributed by atoms with Crippen LogP contribution < -0.4 is 10.2 Å². The van der Waals surface area contributed by atoms with E-state index in [0.717, 1.165) is 12.2 Å². The number of hydrogen-bond donors (Lipinski definition) is 1. The van der Waals surface area contributed by atoms with Crippen molar-refractivity contribution < 1.29 is 4.79 Å². The lowest BCUT2D eigenvalue weighted by atomic mass is 10.2. The molecule has 0 aliphatic heterocycles. The molecule has 2 aromatic carbocycles. The maximum absolute atomic E-state index is 12.4. The van der Waals surface area contributed by atoms with Gasteiger partial charge < -0.3 is 10.2 Å². The van der Waals surface area contributed by atoms with E-state index in [0.29, 0.717) is 19.5 Å². The number of carbonyl (C=O) groups excluding carboxylic acids is 1. The molecule has 22 heavy (non-hydrogen) atoms. The Morgan fingerprint density at radius 1 is 1.09 bits per heavy atom. The summed E-state index contributed by atoms with van der Waals surface area (Å²) in [5.74, 6) is 0.161. The van der Waals surface area contributed by atoms with Gasteiger partial charge in [-0.25, -0.2) is 0 Å². The molecule has 116 valence electrons. The van der Waals surface area contributed by atoms with E-state index in [1.165, 1.54) is 11.1 Å². The Kier molecular flexibility index (Phi) is 6.16. The summed E-state index contributed by atoms with van der Waals surface area (Å²) < 4.78 is 0. The molecule has 0 radical (unpaired) electrons. The Morgan fingerprint density at radius 2 is 1.86 bits per heavy atom. The third-order valence-corrected chi connectivity index (χ3v) is 3.62. The number of nitrogens with one attached hydrogen (secondary N) is 1. The Bertz CT molecular complexity index is 595. The van der Waals surface area contributed by atoms with Crippen molar-refractivity contribution in [3.05, 3.63) is 65.7 Å². The first-order valence-electron chi connectivity index (χ1n) is 7.82. The van der Waals surface area contributed by atoms with E-state index in [1.807, 2.05) is 55.1 Å². The van der Waals surface area contributed by atoms with E-state index in [2.05, 4.69) is 23.5 Å². The summed E-state index contributed by atoms with van der Waals surface area (Å²) in [5, 5.41) is 3.33. The SMILES string of the molecule is CCN(C(=O)CCNCc1ccccc1)c1cccc(C)c1. The van der Waals surface area contributed by atoms with E-state index < -0.39 is 0 Å². The topological polar surface area (TPSA) is 32.3 Å². The van der Waals surface area contributed by atoms with Crippen molar-refractivity contribution in [3.8, 4) is 0 Å². The Morgan fingerprint density at radius 3 is 2.55 bits per heavy atom. The molecule has 0 aliphatic carbocycles. The predicted octanol–water partition coefficient (Wildman–Crippen LogP) is 3.53. The van der Waals surface area contributed by atoms with E-state index in [9.17, 15) is 4.79 Å². The van der Waals surface area contributed by atoms with Gasteiger partial charge in [-0.15, -0.1) is 0 Å². The van der Waals surface area contributed by atoms with Crippen LogP contribution in [0, 0.1) is 6.92 Å². The van der Waals surface area contributed by atoms with Crippen LogP contribution in [-0.4, -0.2) is 19.0 Å². The molecule has 1 amide bonds. The first kappa shape index (κ1) is 16.2. The van der Waals surface area contributed by atoms with Crippen molar-refractivity contribution in [1.82, 2.24) is 5.32 Å². The van der Waals surface area contributed by atoms with E-state index in [4.69, 9.17) is 0 Å². The highest BCUT2D eigenvalue weighted by atomic mass is 16.2. The normalized spacial score (nSPS) is 10.5. The summed E-state index contributed by atoms with van der Waals surface area (Å²) in [6, 6.07) is 18.3. The molecule has 2 rings (SSSR count). The number of carbonyl (C=O) groups is 1. The summed E-state index contributed by atoms with van der Waals surface area (Å²) in [6.45, 7) is 6.24. The third-order valence-electron chi connectivity index (χ3n) is 3.62. The standard InChI is InChI=1S/C19H24N2O/c1-3-21(18-11-7-8-16(2)14-18)19(22)12-13-20-15-17-9-5-4-6-10-17/h4-11,14,20H,3,12-13,15H2,1-2H3. The highest BCUT2D eigenvalue weighted by Crippen LogP contribution is 2.16. The summed E-state index contributed by atoms with van der Waals surface area (Å²) in [7, 11) is 0. The number of anilines is 1. The molecule has 0 aliphatic rings. The van der Waals surface area contributed by atoms with E-state index in [1.54, 1.807) is 0 Å². The summed E-state index contributed by atoms with van der Waals surface area (Å²) in [6.07, 6.45) is 0.509. The van der Waals surface area contributed by atoms with Crippen LogP contribution in [0.3, 0.4) is 0 Å². The van der Waals surface area contributed by atoms with Crippen LogP contribution in [-0.2, 0) is 11.3 Å². The van der Waals surface area contributed by atoms with E-state index >= 15 is 0 Å². The highest BCUT2D eigenvalue weighted by Gasteiger charge is 2.13. The van der Waals surface area contributed by atoms with Gasteiger partial charge >= 0.3 is 0 Å². The number of hydrogen-bond acceptors (Lipinski definition) is 2. The van der Waals surface area contributed by atoms with Crippen LogP contribution in [0.5, 0.6) is 0 Å². The Labute approximate surface area is 133 Å². The molecule has 3 heteroatoms. The van der Waals surface area contributed by atoms with Gasteiger partial charge in [0.1, 0.15) is 0 Å². The monoisotopic (exact) mass is 296 g/mol. The van der Waals surface area contributed by atoms with Crippen LogP contribution in [0.15, 0.2) is 54.6 Å². The molecule has 2 aromatic rings. The molecular formula is C19H24N2O. The molecule has 3 nitrogen and oxygen atoms in total. The minimum Gasteiger partial charge on any atom is -0.313 e. The first-order valence-corrected chi connectivity index (χ1v) is 7.82. The molecule has 0 bridgehead atoms. The summed E-state index contributed by atoms with van der Waals surface area (Å²) in [4.78, 5) is 14.2. The smallest absolute Gasteiger partial charge is 0.228 e. The second kappa shape index (κ2) is 8.35. The molecule has 0 aromatic heterocycles. The molecular weight excluding hydrogens is 272 g/mol. The molecule has 1 N–H and O–H groups in total. The Balaban J connectivity index is 1.82. The zero-order chi connectivity index (χ0) is 15.8. The van der Waals surface area contributed by atoms with Crippen molar-refractivity contribution in [3.63, 3.8) is 0 Å². The third kappa shape index (κ3) is 4.71. The average Bonchev–Trinajstić information content (AvgIpc) is 2.53. The van der Waals surface area contributed by atoms with Gasteiger partial charge in [0.15, 0.2) is 0 Å². The zero-order valence-corrected chi connectivity index (χ0v) is 13.4. The van der Waals surface area contributed by atoms with Gasteiger partial charge in [0.25, 0.3) is 0 Å². The largest absolute Gasteiger partial charge is 0.313 e. The fourth-order valence-corrected chi connectivity index (χ4v) is 2.46. The summed E-state index contributed by atoms with van der Waals surface area (Å²) in [5.41, 5.74) is 3.39. The quantitative estimate of drug-likeness (QED) is 0.793. The number of amides is 1. The minimum atomic E-state index is 0.161. The summed E-state index contributed by atoms with van der Waals surface area (Å²) >= 11 is 0. The van der Waals surface area contributed by atoms with Crippen LogP contribution in [0.25, 0.3) is 0 Å². The molecule has 0 fully saturated rings. The van der Waals surface area contributed by atoms with Gasteiger partial charge in [0, 0.05) is 31.7 Å². The molecule has 0 saturated carbocycles. The first-order chi connectivity index (χ1) is 10.7. The maximum atomic E-state index is 12.4. The van der Waals surface area contributed by atoms with Gasteiger partial charge in [0.2, 0.25) is 5.91 Å². The molecule has 0 unspecified atom stereocenters. The van der Waals surface area contributed by atoms with Gasteiger partial charge in [-0.1, -0.05) is 42.5 Å². The van der Waals surface area contributed by atoms with Crippen molar-refractivity contribution in [2.45, 2.75) is 26.8 Å². The lowest BCUT2D eigenvalue weighted by Crippen LogP contribution is -2.33. The minimum absolute atomic E-state index is 0.161. The maximum Gasteiger partial charge on any atom is 0.228 e. The van der Waals surface area contributed by atoms with Crippen LogP contribution in [0.2, 0.25) is 0 Å². The molecule has 0 atom stereocenters. The van der Waals surface area contributed by atoms with Crippen molar-refractivity contribution in [2.75, 3.05) is 18.0 Å². The molecule has 0 heterocycles. The predicted molar refractivity (Wildman–Crippen MR) is 92.0 cm³/mol. The van der Waals surface area contributed by atoms with Crippen molar-refractivity contribution in [2.24, 2.45) is 0 Å². The van der Waals surface area contributed by atoms with Crippen LogP contribution >= 0.6 is 0 Å². The number of rotatable bonds is 7. The molecule has 0 spiro atoms. The molecule has 0 saturated heterocycles. The van der Waals surface area contributed by atoms with Gasteiger partial charge in [-0.2, -0.15) is 0 Å². The van der Waals surface area contributed by atoms with Crippen LogP contribution in [0.4, 0.5) is 5.69 Å². The number of benzene rings is 2. The fraction of sp³-hybridized carbons (Fsp3) is 0.316. The average molecular weight is 296 g/mol. The van der Waals surface area contributed by atoms with E-state index in [-0.39, 0.29) is 5.91 Å². The lowest BCUT2D eigenvalue weighted by molar-refractivity contribution is -0.118. The second-order valence-corrected chi connectivity index (χ2v) is 5.39. The number of nitrogens with zero attached hydrogens (tertiary/aromatic N) is 1. The number of aryl methyl sites for hydroxylation is 1. The van der Waals surface area contributed by atoms with Gasteiger partial charge in [-0.3, -0.25) is 4.79 Å². The van der Waals surface area contributed by atoms with Gasteiger partial charge in [-0.05, 0) is 37.1 Å². The highest BCUT2D eigenvalue weighted by molar-refractivity contribution is 5.93. The second-order valence-electron chi connectivity index (χ2n) is 5.39. The van der Waals surface area contributed by atoms with Gasteiger partial charge in [0.05, 0.1) is 0 Å². The fourth-order valence-electron chi connectivity index (χ4n) is 2.46. The van der Waals surface area contributed by atoms with Crippen LogP contribution in [0.1, 0.15) is 24.5 Å². The van der Waals surface area contributed by atoms with Crippen molar-refractivity contribution in [1.29, 1.82) is 0 Å². The zero-order valence-electron chi connectivity index (χ0n) is 13.4. The lowest BCUT2D eigenvalue weighted by Gasteiger charge is -2.21. The van der Waals surface area contributed by atoms with Crippen molar-refractivity contribution >= 4 is 11.6 Å².